The number of hydrogen-bond acceptors (Lipinski definition) is 0. The average molecular weight is 227 g/mol. The first kappa shape index (κ1) is 10.9. The zero-order valence-corrected chi connectivity index (χ0v) is 9.98. The van der Waals surface area contributed by atoms with Crippen molar-refractivity contribution in [3.8, 4) is 0 Å². The van der Waals surface area contributed by atoms with Gasteiger partial charge in [-0.2, -0.15) is 0 Å². The Morgan fingerprint density at radius 2 is 1.67 bits per heavy atom. The van der Waals surface area contributed by atoms with Crippen LogP contribution in [0.15, 0.2) is 24.3 Å². The van der Waals surface area contributed by atoms with Gasteiger partial charge in [0.15, 0.2) is 0 Å². The molecule has 0 saturated carbocycles. The van der Waals surface area contributed by atoms with Crippen molar-refractivity contribution in [1.29, 1.82) is 0 Å². The van der Waals surface area contributed by atoms with E-state index in [9.17, 15) is 0 Å². The Morgan fingerprint density at radius 1 is 1.07 bits per heavy atom. The topological polar surface area (TPSA) is 8.88 Å². The first-order valence-corrected chi connectivity index (χ1v) is 6.01. The maximum absolute atomic E-state index is 5.86. The summed E-state index contributed by atoms with van der Waals surface area (Å²) in [6.07, 6.45) is 0. The van der Waals surface area contributed by atoms with Gasteiger partial charge in [-0.1, -0.05) is 23.7 Å². The van der Waals surface area contributed by atoms with Crippen molar-refractivity contribution in [2.24, 2.45) is 0 Å². The fourth-order valence-electron chi connectivity index (χ4n) is 2.10. The molecule has 2 nitrogen and oxygen atoms in total. The minimum Gasteiger partial charge on any atom is -0.328 e. The Balaban J connectivity index is 1.89. The number of nitrogens with one attached hydrogen (secondary N) is 2. The largest absolute Gasteiger partial charge is 0.328 e. The van der Waals surface area contributed by atoms with Crippen LogP contribution in [-0.2, 0) is 6.54 Å². The highest BCUT2D eigenvalue weighted by Gasteiger charge is 2.19. The summed E-state index contributed by atoms with van der Waals surface area (Å²) >= 11 is 5.86. The van der Waals surface area contributed by atoms with Crippen molar-refractivity contribution in [2.45, 2.75) is 6.54 Å². The number of likely N-dealkylation sites (N-methyl/N-ethyl adjacent to an activating group) is 1. The maximum atomic E-state index is 5.86. The lowest BCUT2D eigenvalue weighted by atomic mass is 10.2. The summed E-state index contributed by atoms with van der Waals surface area (Å²) < 4.78 is 0. The van der Waals surface area contributed by atoms with Gasteiger partial charge >= 0.3 is 0 Å². The lowest BCUT2D eigenvalue weighted by molar-refractivity contribution is -1.01. The van der Waals surface area contributed by atoms with Crippen molar-refractivity contribution >= 4 is 11.6 Å². The van der Waals surface area contributed by atoms with Crippen LogP contribution in [0.25, 0.3) is 0 Å². The smallest absolute Gasteiger partial charge is 0.127 e. The molecule has 1 aliphatic rings. The molecule has 1 saturated heterocycles. The fourth-order valence-corrected chi connectivity index (χ4v) is 2.22. The zero-order chi connectivity index (χ0) is 10.7. The molecule has 0 bridgehead atoms. The summed E-state index contributed by atoms with van der Waals surface area (Å²) in [4.78, 5) is 3.36. The lowest BCUT2D eigenvalue weighted by Crippen LogP contribution is -3.26. The van der Waals surface area contributed by atoms with E-state index in [1.807, 2.05) is 12.1 Å². The molecular weight excluding hydrogens is 208 g/mol. The van der Waals surface area contributed by atoms with Crippen LogP contribution in [0, 0.1) is 0 Å². The summed E-state index contributed by atoms with van der Waals surface area (Å²) in [5.74, 6) is 0. The number of rotatable bonds is 2. The summed E-state index contributed by atoms with van der Waals surface area (Å²) in [6.45, 7) is 6.30. The van der Waals surface area contributed by atoms with Gasteiger partial charge in [0.25, 0.3) is 0 Å². The second-order valence-corrected chi connectivity index (χ2v) is 4.95. The van der Waals surface area contributed by atoms with Crippen LogP contribution < -0.4 is 9.80 Å². The van der Waals surface area contributed by atoms with Gasteiger partial charge in [0.1, 0.15) is 32.7 Å². The van der Waals surface area contributed by atoms with Gasteiger partial charge in [-0.3, -0.25) is 0 Å². The molecule has 1 aliphatic heterocycles. The van der Waals surface area contributed by atoms with E-state index in [-0.39, 0.29) is 0 Å². The third-order valence-electron chi connectivity index (χ3n) is 3.18. The Kier molecular flexibility index (Phi) is 3.62. The molecule has 15 heavy (non-hydrogen) atoms. The lowest BCUT2D eigenvalue weighted by Gasteiger charge is -2.27. The third kappa shape index (κ3) is 3.20. The molecule has 0 radical (unpaired) electrons. The maximum Gasteiger partial charge on any atom is 0.127 e. The van der Waals surface area contributed by atoms with Crippen LogP contribution in [0.1, 0.15) is 5.56 Å². The standard InChI is InChI=1S/C12H17ClN2/c1-14-6-8-15(9-7-14)10-11-2-4-12(13)5-3-11/h2-5H,6-10H2,1H3/p+2. The molecular formula is C12H19ClN2+2. The molecule has 0 amide bonds. The summed E-state index contributed by atoms with van der Waals surface area (Å²) in [5.41, 5.74) is 1.40. The van der Waals surface area contributed by atoms with Crippen molar-refractivity contribution in [1.82, 2.24) is 0 Å². The van der Waals surface area contributed by atoms with Crippen LogP contribution in [0.5, 0.6) is 0 Å². The molecule has 1 aromatic carbocycles. The van der Waals surface area contributed by atoms with E-state index in [1.54, 1.807) is 9.80 Å². The van der Waals surface area contributed by atoms with Crippen LogP contribution >= 0.6 is 11.6 Å². The van der Waals surface area contributed by atoms with E-state index in [2.05, 4.69) is 19.2 Å². The van der Waals surface area contributed by atoms with Crippen molar-refractivity contribution in [3.05, 3.63) is 34.9 Å². The molecule has 1 aromatic rings. The Morgan fingerprint density at radius 3 is 2.27 bits per heavy atom. The van der Waals surface area contributed by atoms with E-state index in [0.29, 0.717) is 0 Å². The Bertz CT molecular complexity index is 302. The molecule has 3 heteroatoms. The Labute approximate surface area is 96.4 Å². The van der Waals surface area contributed by atoms with Crippen molar-refractivity contribution in [2.75, 3.05) is 33.2 Å². The molecule has 0 unspecified atom stereocenters. The van der Waals surface area contributed by atoms with Gasteiger partial charge in [-0.25, -0.2) is 0 Å². The normalized spacial score (nSPS) is 26.5. The second-order valence-electron chi connectivity index (χ2n) is 4.51. The molecule has 2 rings (SSSR count). The van der Waals surface area contributed by atoms with Crippen LogP contribution in [0.2, 0.25) is 5.02 Å². The van der Waals surface area contributed by atoms with Gasteiger partial charge in [0, 0.05) is 10.6 Å². The molecule has 0 spiro atoms. The van der Waals surface area contributed by atoms with E-state index in [0.717, 1.165) is 11.6 Å². The molecule has 82 valence electrons. The van der Waals surface area contributed by atoms with Gasteiger partial charge in [0.05, 0.1) is 7.05 Å². The minimum atomic E-state index is 0.830. The molecule has 2 N–H and O–H groups in total. The summed E-state index contributed by atoms with van der Waals surface area (Å²) in [7, 11) is 2.28. The first-order chi connectivity index (χ1) is 7.24. The monoisotopic (exact) mass is 226 g/mol. The zero-order valence-electron chi connectivity index (χ0n) is 9.22. The molecule has 0 aromatic heterocycles. The number of quaternary nitrogens is 2. The summed E-state index contributed by atoms with van der Waals surface area (Å²) in [5, 5.41) is 0.830. The average Bonchev–Trinajstić information content (AvgIpc) is 2.25. The van der Waals surface area contributed by atoms with Gasteiger partial charge in [0.2, 0.25) is 0 Å². The van der Waals surface area contributed by atoms with Gasteiger partial charge in [-0.15, -0.1) is 0 Å². The van der Waals surface area contributed by atoms with Gasteiger partial charge < -0.3 is 9.80 Å². The second kappa shape index (κ2) is 4.97. The molecule has 0 atom stereocenters. The van der Waals surface area contributed by atoms with E-state index < -0.39 is 0 Å². The van der Waals surface area contributed by atoms with E-state index in [1.165, 1.54) is 31.7 Å². The van der Waals surface area contributed by atoms with E-state index in [4.69, 9.17) is 11.6 Å². The highest BCUT2D eigenvalue weighted by molar-refractivity contribution is 6.30. The number of piperazine rings is 1. The number of hydrogen-bond donors (Lipinski definition) is 2. The number of halogens is 1. The van der Waals surface area contributed by atoms with Gasteiger partial charge in [-0.05, 0) is 12.1 Å². The highest BCUT2D eigenvalue weighted by atomic mass is 35.5. The van der Waals surface area contributed by atoms with Crippen LogP contribution in [0.3, 0.4) is 0 Å². The third-order valence-corrected chi connectivity index (χ3v) is 3.43. The predicted octanol–water partition coefficient (Wildman–Crippen LogP) is -0.747. The minimum absolute atomic E-state index is 0.830. The predicted molar refractivity (Wildman–Crippen MR) is 62.5 cm³/mol. The van der Waals surface area contributed by atoms with Crippen LogP contribution in [-0.4, -0.2) is 33.2 Å². The highest BCUT2D eigenvalue weighted by Crippen LogP contribution is 2.08. The fraction of sp³-hybridized carbons (Fsp3) is 0.500. The van der Waals surface area contributed by atoms with Crippen molar-refractivity contribution in [3.63, 3.8) is 0 Å². The molecule has 1 heterocycles. The quantitative estimate of drug-likeness (QED) is 0.657. The summed E-state index contributed by atoms with van der Waals surface area (Å²) in [6, 6.07) is 8.25. The van der Waals surface area contributed by atoms with Crippen LogP contribution in [0.4, 0.5) is 0 Å². The van der Waals surface area contributed by atoms with Crippen molar-refractivity contribution < 1.29 is 9.80 Å². The first-order valence-electron chi connectivity index (χ1n) is 5.63. The SMILES string of the molecule is C[NH+]1CC[NH+](Cc2ccc(Cl)cc2)CC1. The molecule has 0 aliphatic carbocycles. The Hall–Kier alpha value is -0.570. The van der Waals surface area contributed by atoms with E-state index >= 15 is 0 Å². The molecule has 1 fully saturated rings. The number of benzene rings is 1.